The highest BCUT2D eigenvalue weighted by atomic mass is 32.1. The number of anilines is 1. The van der Waals surface area contributed by atoms with Crippen molar-refractivity contribution in [2.45, 2.75) is 0 Å². The zero-order chi connectivity index (χ0) is 8.55. The minimum atomic E-state index is 1.32. The Bertz CT molecular complexity index is 389. The molecule has 62 valence electrons. The summed E-state index contributed by atoms with van der Waals surface area (Å²) >= 11 is 1.80. The molecule has 1 aromatic carbocycles. The first kappa shape index (κ1) is 7.62. The normalized spacial score (nSPS) is 10.5. The van der Waals surface area contributed by atoms with E-state index in [-0.39, 0.29) is 0 Å². The molecular formula is C10H11NS. The Kier molecular flexibility index (Phi) is 1.77. The van der Waals surface area contributed by atoms with Crippen LogP contribution < -0.4 is 4.90 Å². The number of fused-ring (bicyclic) bond motifs is 1. The Morgan fingerprint density at radius 3 is 2.67 bits per heavy atom. The molecule has 0 saturated carbocycles. The molecule has 12 heavy (non-hydrogen) atoms. The zero-order valence-corrected chi connectivity index (χ0v) is 8.06. The number of hydrogen-bond donors (Lipinski definition) is 0. The van der Waals surface area contributed by atoms with Crippen LogP contribution in [0.1, 0.15) is 0 Å². The average molecular weight is 177 g/mol. The Labute approximate surface area is 76.2 Å². The Hall–Kier alpha value is -1.02. The lowest BCUT2D eigenvalue weighted by molar-refractivity contribution is 1.15. The minimum absolute atomic E-state index is 1.32. The van der Waals surface area contributed by atoms with Gasteiger partial charge in [-0.2, -0.15) is 0 Å². The van der Waals surface area contributed by atoms with E-state index in [1.54, 1.807) is 11.3 Å². The minimum Gasteiger partial charge on any atom is -0.376 e. The number of nitrogens with zero attached hydrogens (tertiary/aromatic N) is 1. The standard InChI is InChI=1S/C10H11NS/c1-11(2)9-7-12-10-6-4-3-5-8(9)10/h3-7H,1-2H3. The van der Waals surface area contributed by atoms with Crippen LogP contribution in [0, 0.1) is 0 Å². The van der Waals surface area contributed by atoms with Crippen molar-refractivity contribution in [3.05, 3.63) is 29.6 Å². The van der Waals surface area contributed by atoms with Crippen molar-refractivity contribution in [3.8, 4) is 0 Å². The fraction of sp³-hybridized carbons (Fsp3) is 0.200. The first-order chi connectivity index (χ1) is 5.79. The maximum absolute atomic E-state index is 2.20. The summed E-state index contributed by atoms with van der Waals surface area (Å²) in [6.45, 7) is 0. The van der Waals surface area contributed by atoms with Gasteiger partial charge in [0.1, 0.15) is 0 Å². The summed E-state index contributed by atoms with van der Waals surface area (Å²) in [5, 5.41) is 3.55. The lowest BCUT2D eigenvalue weighted by Crippen LogP contribution is -2.07. The van der Waals surface area contributed by atoms with Crippen LogP contribution in [0.15, 0.2) is 29.6 Å². The third kappa shape index (κ3) is 1.08. The second-order valence-corrected chi connectivity index (χ2v) is 3.92. The monoisotopic (exact) mass is 177 g/mol. The van der Waals surface area contributed by atoms with E-state index in [9.17, 15) is 0 Å². The van der Waals surface area contributed by atoms with Crippen LogP contribution >= 0.6 is 11.3 Å². The molecule has 0 radical (unpaired) electrons. The van der Waals surface area contributed by atoms with Gasteiger partial charge in [0.25, 0.3) is 0 Å². The molecule has 0 aliphatic heterocycles. The van der Waals surface area contributed by atoms with Gasteiger partial charge in [0.05, 0.1) is 5.69 Å². The molecule has 2 heteroatoms. The van der Waals surface area contributed by atoms with Crippen molar-refractivity contribution in [3.63, 3.8) is 0 Å². The summed E-state index contributed by atoms with van der Waals surface area (Å²) in [7, 11) is 4.16. The highest BCUT2D eigenvalue weighted by molar-refractivity contribution is 7.17. The van der Waals surface area contributed by atoms with Gasteiger partial charge in [-0.05, 0) is 6.07 Å². The molecule has 1 nitrogen and oxygen atoms in total. The van der Waals surface area contributed by atoms with Gasteiger partial charge in [-0.1, -0.05) is 18.2 Å². The van der Waals surface area contributed by atoms with Gasteiger partial charge in [-0.15, -0.1) is 11.3 Å². The molecule has 0 saturated heterocycles. The molecule has 2 aromatic rings. The molecule has 0 amide bonds. The third-order valence-corrected chi connectivity index (χ3v) is 2.89. The van der Waals surface area contributed by atoms with Crippen LogP contribution in [0.4, 0.5) is 5.69 Å². The van der Waals surface area contributed by atoms with Crippen LogP contribution in [-0.4, -0.2) is 14.1 Å². The Balaban J connectivity index is 2.70. The number of hydrogen-bond acceptors (Lipinski definition) is 2. The largest absolute Gasteiger partial charge is 0.376 e. The van der Waals surface area contributed by atoms with E-state index in [0.717, 1.165) is 0 Å². The van der Waals surface area contributed by atoms with E-state index in [1.807, 2.05) is 0 Å². The summed E-state index contributed by atoms with van der Waals surface area (Å²) in [5.74, 6) is 0. The van der Waals surface area contributed by atoms with Crippen molar-refractivity contribution in [1.82, 2.24) is 0 Å². The van der Waals surface area contributed by atoms with E-state index >= 15 is 0 Å². The van der Waals surface area contributed by atoms with Crippen molar-refractivity contribution in [1.29, 1.82) is 0 Å². The lowest BCUT2D eigenvalue weighted by Gasteiger charge is -2.09. The Morgan fingerprint density at radius 2 is 1.92 bits per heavy atom. The molecule has 0 unspecified atom stereocenters. The van der Waals surface area contributed by atoms with E-state index in [1.165, 1.54) is 15.8 Å². The van der Waals surface area contributed by atoms with Gasteiger partial charge in [-0.25, -0.2) is 0 Å². The fourth-order valence-corrected chi connectivity index (χ4v) is 2.34. The smallest absolute Gasteiger partial charge is 0.0549 e. The number of rotatable bonds is 1. The number of benzene rings is 1. The summed E-state index contributed by atoms with van der Waals surface area (Å²) in [4.78, 5) is 2.15. The van der Waals surface area contributed by atoms with Crippen molar-refractivity contribution in [2.24, 2.45) is 0 Å². The van der Waals surface area contributed by atoms with Gasteiger partial charge in [0, 0.05) is 29.6 Å². The molecule has 0 N–H and O–H groups in total. The van der Waals surface area contributed by atoms with E-state index in [2.05, 4.69) is 48.6 Å². The predicted molar refractivity (Wildman–Crippen MR) is 56.2 cm³/mol. The molecule has 0 fully saturated rings. The maximum Gasteiger partial charge on any atom is 0.0549 e. The van der Waals surface area contributed by atoms with Gasteiger partial charge in [-0.3, -0.25) is 0 Å². The van der Waals surface area contributed by atoms with E-state index < -0.39 is 0 Å². The average Bonchev–Trinajstić information content (AvgIpc) is 2.47. The van der Waals surface area contributed by atoms with Gasteiger partial charge in [0.2, 0.25) is 0 Å². The van der Waals surface area contributed by atoms with Gasteiger partial charge < -0.3 is 4.90 Å². The molecule has 0 bridgehead atoms. The third-order valence-electron chi connectivity index (χ3n) is 1.94. The molecule has 0 spiro atoms. The zero-order valence-electron chi connectivity index (χ0n) is 7.24. The van der Waals surface area contributed by atoms with E-state index in [0.29, 0.717) is 0 Å². The second kappa shape index (κ2) is 2.79. The van der Waals surface area contributed by atoms with Crippen molar-refractivity contribution in [2.75, 3.05) is 19.0 Å². The quantitative estimate of drug-likeness (QED) is 0.647. The molecule has 0 aliphatic rings. The van der Waals surface area contributed by atoms with Crippen LogP contribution in [0.25, 0.3) is 10.1 Å². The van der Waals surface area contributed by atoms with Crippen LogP contribution in [0.5, 0.6) is 0 Å². The molecule has 1 aromatic heterocycles. The summed E-state index contributed by atoms with van der Waals surface area (Å²) < 4.78 is 1.36. The summed E-state index contributed by atoms with van der Waals surface area (Å²) in [5.41, 5.74) is 1.32. The van der Waals surface area contributed by atoms with Crippen LogP contribution in [0.3, 0.4) is 0 Å². The molecule has 1 heterocycles. The van der Waals surface area contributed by atoms with Crippen LogP contribution in [0.2, 0.25) is 0 Å². The Morgan fingerprint density at radius 1 is 1.17 bits per heavy atom. The molecule has 2 rings (SSSR count). The maximum atomic E-state index is 2.20. The molecule has 0 aliphatic carbocycles. The first-order valence-electron chi connectivity index (χ1n) is 3.92. The predicted octanol–water partition coefficient (Wildman–Crippen LogP) is 2.97. The SMILES string of the molecule is CN(C)c1csc2ccccc12. The topological polar surface area (TPSA) is 3.24 Å². The van der Waals surface area contributed by atoms with Crippen LogP contribution in [-0.2, 0) is 0 Å². The highest BCUT2D eigenvalue weighted by Gasteiger charge is 2.03. The highest BCUT2D eigenvalue weighted by Crippen LogP contribution is 2.31. The first-order valence-corrected chi connectivity index (χ1v) is 4.80. The summed E-state index contributed by atoms with van der Waals surface area (Å²) in [6.07, 6.45) is 0. The number of thiophene rings is 1. The van der Waals surface area contributed by atoms with E-state index in [4.69, 9.17) is 0 Å². The van der Waals surface area contributed by atoms with Gasteiger partial charge in [0.15, 0.2) is 0 Å². The summed E-state index contributed by atoms with van der Waals surface area (Å²) in [6, 6.07) is 8.49. The van der Waals surface area contributed by atoms with Gasteiger partial charge >= 0.3 is 0 Å². The molecular weight excluding hydrogens is 166 g/mol. The fourth-order valence-electron chi connectivity index (χ4n) is 1.31. The van der Waals surface area contributed by atoms with Crippen molar-refractivity contribution >= 4 is 27.1 Å². The molecule has 0 atom stereocenters. The van der Waals surface area contributed by atoms with Crippen molar-refractivity contribution < 1.29 is 0 Å². The second-order valence-electron chi connectivity index (χ2n) is 3.01. The lowest BCUT2D eigenvalue weighted by atomic mass is 10.2.